The van der Waals surface area contributed by atoms with Crippen molar-refractivity contribution in [1.29, 1.82) is 0 Å². The highest BCUT2D eigenvalue weighted by Gasteiger charge is 2.07. The van der Waals surface area contributed by atoms with Crippen LogP contribution in [-0.2, 0) is 17.8 Å². The first-order valence-corrected chi connectivity index (χ1v) is 7.56. The Labute approximate surface area is 134 Å². The number of para-hydroxylation sites is 2. The van der Waals surface area contributed by atoms with Crippen LogP contribution in [-0.4, -0.2) is 29.5 Å². The van der Waals surface area contributed by atoms with Gasteiger partial charge in [-0.25, -0.2) is 4.98 Å². The highest BCUT2D eigenvalue weighted by molar-refractivity contribution is 5.94. The van der Waals surface area contributed by atoms with E-state index in [1.165, 1.54) is 0 Å². The van der Waals surface area contributed by atoms with Gasteiger partial charge in [0, 0.05) is 25.6 Å². The molecule has 0 aliphatic rings. The maximum atomic E-state index is 12.2. The number of ether oxygens (including phenoxy) is 1. The zero-order chi connectivity index (χ0) is 16.1. The van der Waals surface area contributed by atoms with Crippen LogP contribution in [0.3, 0.4) is 0 Å². The van der Waals surface area contributed by atoms with Gasteiger partial charge in [0.2, 0.25) is 0 Å². The molecule has 0 aliphatic carbocycles. The van der Waals surface area contributed by atoms with Gasteiger partial charge in [-0.05, 0) is 29.8 Å². The van der Waals surface area contributed by atoms with Crippen molar-refractivity contribution < 1.29 is 9.53 Å². The quantitative estimate of drug-likeness (QED) is 0.735. The molecular weight excluding hydrogens is 290 g/mol. The van der Waals surface area contributed by atoms with Crippen LogP contribution in [0.1, 0.15) is 21.7 Å². The van der Waals surface area contributed by atoms with Gasteiger partial charge in [0.05, 0.1) is 17.6 Å². The summed E-state index contributed by atoms with van der Waals surface area (Å²) in [5.41, 5.74) is 3.59. The van der Waals surface area contributed by atoms with E-state index in [1.807, 2.05) is 42.5 Å². The molecule has 0 fully saturated rings. The van der Waals surface area contributed by atoms with E-state index in [9.17, 15) is 4.79 Å². The van der Waals surface area contributed by atoms with E-state index < -0.39 is 0 Å². The Morgan fingerprint density at radius 2 is 2.09 bits per heavy atom. The van der Waals surface area contributed by atoms with Gasteiger partial charge in [0.25, 0.3) is 5.91 Å². The number of imidazole rings is 1. The molecule has 0 atom stereocenters. The fourth-order valence-corrected chi connectivity index (χ4v) is 2.49. The molecule has 0 saturated heterocycles. The van der Waals surface area contributed by atoms with Gasteiger partial charge in [0.15, 0.2) is 0 Å². The average molecular weight is 309 g/mol. The monoisotopic (exact) mass is 309 g/mol. The maximum absolute atomic E-state index is 12.2. The standard InChI is InChI=1S/C18H19N3O2/c1-23-12-13-5-4-6-14(11-13)18(22)19-10-9-17-20-15-7-2-3-8-16(15)21-17/h2-8,11H,9-10,12H2,1H3,(H,19,22)(H,20,21). The predicted octanol–water partition coefficient (Wildman–Crippen LogP) is 2.68. The number of carbonyl (C=O) groups excluding carboxylic acids is 1. The zero-order valence-corrected chi connectivity index (χ0v) is 13.0. The van der Waals surface area contributed by atoms with Crippen molar-refractivity contribution >= 4 is 16.9 Å². The van der Waals surface area contributed by atoms with Gasteiger partial charge in [-0.2, -0.15) is 0 Å². The van der Waals surface area contributed by atoms with E-state index in [1.54, 1.807) is 13.2 Å². The van der Waals surface area contributed by atoms with Crippen molar-refractivity contribution in [3.05, 3.63) is 65.5 Å². The van der Waals surface area contributed by atoms with E-state index in [2.05, 4.69) is 15.3 Å². The molecule has 1 heterocycles. The Kier molecular flexibility index (Phi) is 4.68. The molecule has 0 spiro atoms. The Bertz CT molecular complexity index is 778. The first-order valence-electron chi connectivity index (χ1n) is 7.56. The van der Waals surface area contributed by atoms with Crippen LogP contribution in [0.5, 0.6) is 0 Å². The summed E-state index contributed by atoms with van der Waals surface area (Å²) in [4.78, 5) is 19.9. The number of fused-ring (bicyclic) bond motifs is 1. The number of hydrogen-bond donors (Lipinski definition) is 2. The van der Waals surface area contributed by atoms with Crippen molar-refractivity contribution in [2.45, 2.75) is 13.0 Å². The van der Waals surface area contributed by atoms with Gasteiger partial charge in [-0.3, -0.25) is 4.79 Å². The Balaban J connectivity index is 1.57. The summed E-state index contributed by atoms with van der Waals surface area (Å²) in [6.45, 7) is 1.03. The Morgan fingerprint density at radius 3 is 2.91 bits per heavy atom. The van der Waals surface area contributed by atoms with E-state index in [0.717, 1.165) is 22.4 Å². The number of rotatable bonds is 6. The molecule has 0 unspecified atom stereocenters. The normalized spacial score (nSPS) is 10.8. The molecular formula is C18H19N3O2. The molecule has 2 aromatic carbocycles. The number of aromatic amines is 1. The van der Waals surface area contributed by atoms with Gasteiger partial charge in [0.1, 0.15) is 5.82 Å². The van der Waals surface area contributed by atoms with E-state index >= 15 is 0 Å². The van der Waals surface area contributed by atoms with E-state index in [-0.39, 0.29) is 5.91 Å². The topological polar surface area (TPSA) is 67.0 Å². The lowest BCUT2D eigenvalue weighted by molar-refractivity contribution is 0.0953. The summed E-state index contributed by atoms with van der Waals surface area (Å²) in [6.07, 6.45) is 0.665. The smallest absolute Gasteiger partial charge is 0.251 e. The second-order valence-electron chi connectivity index (χ2n) is 5.34. The number of benzene rings is 2. The summed E-state index contributed by atoms with van der Waals surface area (Å²) < 4.78 is 5.09. The van der Waals surface area contributed by atoms with E-state index in [0.29, 0.717) is 25.1 Å². The molecule has 118 valence electrons. The predicted molar refractivity (Wildman–Crippen MR) is 89.3 cm³/mol. The second-order valence-corrected chi connectivity index (χ2v) is 5.34. The highest BCUT2D eigenvalue weighted by Crippen LogP contribution is 2.10. The molecule has 0 radical (unpaired) electrons. The fraction of sp³-hybridized carbons (Fsp3) is 0.222. The molecule has 1 amide bonds. The number of aromatic nitrogens is 2. The number of methoxy groups -OCH3 is 1. The van der Waals surface area contributed by atoms with Crippen molar-refractivity contribution in [2.75, 3.05) is 13.7 Å². The average Bonchev–Trinajstić information content (AvgIpc) is 2.98. The minimum absolute atomic E-state index is 0.0842. The first-order chi connectivity index (χ1) is 11.3. The SMILES string of the molecule is COCc1cccc(C(=O)NCCc2nc3ccccc3[nH]2)c1. The number of nitrogens with one attached hydrogen (secondary N) is 2. The largest absolute Gasteiger partial charge is 0.380 e. The highest BCUT2D eigenvalue weighted by atomic mass is 16.5. The van der Waals surface area contributed by atoms with Crippen LogP contribution in [0.2, 0.25) is 0 Å². The molecule has 0 saturated carbocycles. The molecule has 2 N–H and O–H groups in total. The van der Waals surface area contributed by atoms with Crippen LogP contribution in [0.25, 0.3) is 11.0 Å². The zero-order valence-electron chi connectivity index (χ0n) is 13.0. The number of amides is 1. The van der Waals surface area contributed by atoms with Crippen LogP contribution in [0.15, 0.2) is 48.5 Å². The summed E-state index contributed by atoms with van der Waals surface area (Å²) in [5, 5.41) is 2.92. The number of carbonyl (C=O) groups is 1. The van der Waals surface area contributed by atoms with Crippen molar-refractivity contribution in [3.8, 4) is 0 Å². The first kappa shape index (κ1) is 15.2. The van der Waals surface area contributed by atoms with Gasteiger partial charge in [-0.15, -0.1) is 0 Å². The molecule has 5 heteroatoms. The lowest BCUT2D eigenvalue weighted by Gasteiger charge is -2.06. The second kappa shape index (κ2) is 7.07. The van der Waals surface area contributed by atoms with Crippen molar-refractivity contribution in [2.24, 2.45) is 0 Å². The lowest BCUT2D eigenvalue weighted by atomic mass is 10.1. The van der Waals surface area contributed by atoms with Gasteiger partial charge in [-0.1, -0.05) is 24.3 Å². The summed E-state index contributed by atoms with van der Waals surface area (Å²) in [5.74, 6) is 0.790. The number of nitrogens with zero attached hydrogens (tertiary/aromatic N) is 1. The molecule has 3 rings (SSSR count). The molecule has 0 aliphatic heterocycles. The van der Waals surface area contributed by atoms with Gasteiger partial charge >= 0.3 is 0 Å². The molecule has 0 bridgehead atoms. The van der Waals surface area contributed by atoms with Crippen LogP contribution in [0, 0.1) is 0 Å². The van der Waals surface area contributed by atoms with Crippen LogP contribution >= 0.6 is 0 Å². The minimum Gasteiger partial charge on any atom is -0.380 e. The number of hydrogen-bond acceptors (Lipinski definition) is 3. The molecule has 23 heavy (non-hydrogen) atoms. The minimum atomic E-state index is -0.0842. The Hall–Kier alpha value is -2.66. The number of H-pyrrole nitrogens is 1. The summed E-state index contributed by atoms with van der Waals surface area (Å²) >= 11 is 0. The Morgan fingerprint density at radius 1 is 1.22 bits per heavy atom. The summed E-state index contributed by atoms with van der Waals surface area (Å²) in [7, 11) is 1.64. The van der Waals surface area contributed by atoms with E-state index in [4.69, 9.17) is 4.74 Å². The maximum Gasteiger partial charge on any atom is 0.251 e. The third-order valence-electron chi connectivity index (χ3n) is 3.59. The molecule has 3 aromatic rings. The van der Waals surface area contributed by atoms with Crippen molar-refractivity contribution in [1.82, 2.24) is 15.3 Å². The fourth-order valence-electron chi connectivity index (χ4n) is 2.49. The van der Waals surface area contributed by atoms with Crippen LogP contribution in [0.4, 0.5) is 0 Å². The summed E-state index contributed by atoms with van der Waals surface area (Å²) in [6, 6.07) is 15.3. The van der Waals surface area contributed by atoms with Crippen LogP contribution < -0.4 is 5.32 Å². The third kappa shape index (κ3) is 3.76. The van der Waals surface area contributed by atoms with Crippen molar-refractivity contribution in [3.63, 3.8) is 0 Å². The molecule has 5 nitrogen and oxygen atoms in total. The lowest BCUT2D eigenvalue weighted by Crippen LogP contribution is -2.26. The third-order valence-corrected chi connectivity index (χ3v) is 3.59. The van der Waals surface area contributed by atoms with Gasteiger partial charge < -0.3 is 15.0 Å². The molecule has 1 aromatic heterocycles.